The first-order chi connectivity index (χ1) is 8.84. The zero-order valence-corrected chi connectivity index (χ0v) is 11.9. The predicted molar refractivity (Wildman–Crippen MR) is 74.3 cm³/mol. The van der Waals surface area contributed by atoms with Crippen LogP contribution in [-0.4, -0.2) is 29.8 Å². The monoisotopic (exact) mass is 280 g/mol. The summed E-state index contributed by atoms with van der Waals surface area (Å²) < 4.78 is 12.6. The first-order valence-corrected chi connectivity index (χ1v) is 7.18. The van der Waals surface area contributed by atoms with E-state index < -0.39 is 21.5 Å². The quantitative estimate of drug-likeness (QED) is 0.925. The lowest BCUT2D eigenvalue weighted by molar-refractivity contribution is -0.139. The Hall–Kier alpha value is -1.69. The first-order valence-electron chi connectivity index (χ1n) is 5.86. The Labute approximate surface area is 113 Å². The van der Waals surface area contributed by atoms with E-state index in [0.29, 0.717) is 5.69 Å². The van der Waals surface area contributed by atoms with Gasteiger partial charge in [0.25, 0.3) is 0 Å². The van der Waals surface area contributed by atoms with Crippen molar-refractivity contribution in [3.8, 4) is 0 Å². The van der Waals surface area contributed by atoms with Crippen LogP contribution < -0.4 is 0 Å². The molecule has 0 saturated heterocycles. The van der Waals surface area contributed by atoms with Gasteiger partial charge in [-0.25, -0.2) is 0 Å². The van der Waals surface area contributed by atoms with Crippen LogP contribution in [0, 0.1) is 0 Å². The molecule has 2 aromatic rings. The molecule has 1 heterocycles. The standard InChI is InChI=1S/C13H16N2O3S/c1-13(2,12(16)17)19(18)8-10-9-6-4-5-7-11(9)15(3)14-10/h4-7H,8H2,1-3H3,(H,16,17). The van der Waals surface area contributed by atoms with Gasteiger partial charge < -0.3 is 5.11 Å². The first kappa shape index (κ1) is 13.7. The summed E-state index contributed by atoms with van der Waals surface area (Å²) in [6.45, 7) is 2.94. The summed E-state index contributed by atoms with van der Waals surface area (Å²) in [5.74, 6) is -0.924. The molecule has 2 rings (SSSR count). The van der Waals surface area contributed by atoms with E-state index in [1.165, 1.54) is 13.8 Å². The molecule has 1 atom stereocenters. The van der Waals surface area contributed by atoms with Crippen molar-refractivity contribution in [3.05, 3.63) is 30.0 Å². The third-order valence-electron chi connectivity index (χ3n) is 3.19. The molecule has 1 aromatic carbocycles. The van der Waals surface area contributed by atoms with Crippen molar-refractivity contribution in [2.75, 3.05) is 0 Å². The largest absolute Gasteiger partial charge is 0.480 e. The highest BCUT2D eigenvalue weighted by molar-refractivity contribution is 7.86. The molecule has 6 heteroatoms. The van der Waals surface area contributed by atoms with Crippen LogP contribution in [0.2, 0.25) is 0 Å². The van der Waals surface area contributed by atoms with E-state index >= 15 is 0 Å². The molecule has 0 fully saturated rings. The van der Waals surface area contributed by atoms with Gasteiger partial charge in [-0.1, -0.05) is 18.2 Å². The SMILES string of the molecule is Cn1nc(CS(=O)C(C)(C)C(=O)O)c2ccccc21. The highest BCUT2D eigenvalue weighted by Gasteiger charge is 2.35. The van der Waals surface area contributed by atoms with Gasteiger partial charge in [-0.15, -0.1) is 0 Å². The molecule has 0 aliphatic carbocycles. The van der Waals surface area contributed by atoms with Crippen molar-refractivity contribution < 1.29 is 14.1 Å². The second kappa shape index (κ2) is 4.77. The average Bonchev–Trinajstić information content (AvgIpc) is 2.67. The Morgan fingerprint density at radius 1 is 1.42 bits per heavy atom. The zero-order chi connectivity index (χ0) is 14.2. The fraction of sp³-hybridized carbons (Fsp3) is 0.385. The van der Waals surface area contributed by atoms with Crippen LogP contribution in [0.4, 0.5) is 0 Å². The molecule has 5 nitrogen and oxygen atoms in total. The van der Waals surface area contributed by atoms with Crippen LogP contribution in [0.5, 0.6) is 0 Å². The van der Waals surface area contributed by atoms with Gasteiger partial charge in [-0.05, 0) is 19.9 Å². The third kappa shape index (κ3) is 2.40. The van der Waals surface area contributed by atoms with Crippen LogP contribution in [0.3, 0.4) is 0 Å². The molecule has 1 unspecified atom stereocenters. The minimum atomic E-state index is -1.53. The summed E-state index contributed by atoms with van der Waals surface area (Å²) >= 11 is 0. The predicted octanol–water partition coefficient (Wildman–Crippen LogP) is 1.69. The van der Waals surface area contributed by atoms with E-state index in [4.69, 9.17) is 5.11 Å². The summed E-state index contributed by atoms with van der Waals surface area (Å²) in [5, 5.41) is 14.3. The molecule has 1 aromatic heterocycles. The Bertz CT molecular complexity index is 661. The second-order valence-electron chi connectivity index (χ2n) is 4.89. The van der Waals surface area contributed by atoms with Crippen molar-refractivity contribution in [3.63, 3.8) is 0 Å². The molecule has 0 aliphatic heterocycles. The van der Waals surface area contributed by atoms with E-state index in [1.54, 1.807) is 4.68 Å². The Kier molecular flexibility index (Phi) is 3.45. The third-order valence-corrected chi connectivity index (χ3v) is 5.03. The van der Waals surface area contributed by atoms with Crippen molar-refractivity contribution in [2.45, 2.75) is 24.3 Å². The lowest BCUT2D eigenvalue weighted by Crippen LogP contribution is -2.37. The number of aryl methyl sites for hydroxylation is 1. The highest BCUT2D eigenvalue weighted by atomic mass is 32.2. The fourth-order valence-corrected chi connectivity index (χ4v) is 2.81. The number of hydrogen-bond acceptors (Lipinski definition) is 3. The minimum Gasteiger partial charge on any atom is -0.480 e. The summed E-state index contributed by atoms with van der Waals surface area (Å²) in [4.78, 5) is 11.1. The molecule has 0 aliphatic rings. The van der Waals surface area contributed by atoms with Gasteiger partial charge in [0.05, 0.1) is 17.0 Å². The number of hydrogen-bond donors (Lipinski definition) is 1. The van der Waals surface area contributed by atoms with Gasteiger partial charge in [-0.2, -0.15) is 5.10 Å². The van der Waals surface area contributed by atoms with Crippen molar-refractivity contribution >= 4 is 27.7 Å². The van der Waals surface area contributed by atoms with Crippen LogP contribution in [-0.2, 0) is 28.4 Å². The van der Waals surface area contributed by atoms with Gasteiger partial charge in [0.15, 0.2) is 0 Å². The minimum absolute atomic E-state index is 0.140. The van der Waals surface area contributed by atoms with Gasteiger partial charge >= 0.3 is 5.97 Å². The lowest BCUT2D eigenvalue weighted by Gasteiger charge is -2.17. The number of benzene rings is 1. The molecule has 0 amide bonds. The lowest BCUT2D eigenvalue weighted by atomic mass is 10.2. The van der Waals surface area contributed by atoms with E-state index in [2.05, 4.69) is 5.10 Å². The van der Waals surface area contributed by atoms with E-state index in [0.717, 1.165) is 10.9 Å². The van der Waals surface area contributed by atoms with E-state index in [-0.39, 0.29) is 5.75 Å². The maximum atomic E-state index is 12.2. The average molecular weight is 280 g/mol. The summed E-state index contributed by atoms with van der Waals surface area (Å²) in [5.41, 5.74) is 1.62. The molecular formula is C13H16N2O3S. The number of para-hydroxylation sites is 1. The molecule has 1 N–H and O–H groups in total. The summed E-state index contributed by atoms with van der Waals surface area (Å²) in [6.07, 6.45) is 0. The topological polar surface area (TPSA) is 72.2 Å². The molecule has 0 radical (unpaired) electrons. The number of nitrogens with zero attached hydrogens (tertiary/aromatic N) is 2. The van der Waals surface area contributed by atoms with Gasteiger partial charge in [0.1, 0.15) is 4.75 Å². The van der Waals surface area contributed by atoms with Crippen LogP contribution in [0.25, 0.3) is 10.9 Å². The van der Waals surface area contributed by atoms with Gasteiger partial charge in [0.2, 0.25) is 0 Å². The van der Waals surface area contributed by atoms with Crippen LogP contribution in [0.15, 0.2) is 24.3 Å². The molecule has 0 bridgehead atoms. The highest BCUT2D eigenvalue weighted by Crippen LogP contribution is 2.22. The van der Waals surface area contributed by atoms with Crippen molar-refractivity contribution in [2.24, 2.45) is 7.05 Å². The smallest absolute Gasteiger partial charge is 0.321 e. The number of aliphatic carboxylic acids is 1. The normalized spacial score (nSPS) is 13.6. The number of fused-ring (bicyclic) bond motifs is 1. The van der Waals surface area contributed by atoms with E-state index in [1.807, 2.05) is 31.3 Å². The van der Waals surface area contributed by atoms with Gasteiger partial charge in [-0.3, -0.25) is 13.7 Å². The summed E-state index contributed by atoms with van der Waals surface area (Å²) in [7, 11) is 0.287. The van der Waals surface area contributed by atoms with Crippen molar-refractivity contribution in [1.29, 1.82) is 0 Å². The Morgan fingerprint density at radius 2 is 2.05 bits per heavy atom. The van der Waals surface area contributed by atoms with Crippen molar-refractivity contribution in [1.82, 2.24) is 9.78 Å². The molecule has 19 heavy (non-hydrogen) atoms. The molecular weight excluding hydrogens is 264 g/mol. The Balaban J connectivity index is 2.37. The van der Waals surface area contributed by atoms with Gasteiger partial charge in [0, 0.05) is 23.2 Å². The number of rotatable bonds is 4. The maximum absolute atomic E-state index is 12.2. The number of carbonyl (C=O) groups is 1. The van der Waals surface area contributed by atoms with Crippen LogP contribution >= 0.6 is 0 Å². The Morgan fingerprint density at radius 3 is 2.68 bits per heavy atom. The van der Waals surface area contributed by atoms with Crippen LogP contribution in [0.1, 0.15) is 19.5 Å². The fourth-order valence-electron chi connectivity index (χ4n) is 1.80. The molecule has 0 saturated carbocycles. The van der Waals surface area contributed by atoms with E-state index in [9.17, 15) is 9.00 Å². The maximum Gasteiger partial charge on any atom is 0.321 e. The molecule has 0 spiro atoms. The number of aromatic nitrogens is 2. The zero-order valence-electron chi connectivity index (χ0n) is 11.1. The summed E-state index contributed by atoms with van der Waals surface area (Å²) in [6, 6.07) is 7.63. The number of carboxylic acids is 1. The molecule has 102 valence electrons. The second-order valence-corrected chi connectivity index (χ2v) is 6.89. The number of carboxylic acid groups (broad SMARTS) is 1.